The van der Waals surface area contributed by atoms with Crippen molar-refractivity contribution < 1.29 is 4.42 Å². The molecule has 2 heteroatoms. The third kappa shape index (κ3) is 6.24. The van der Waals surface area contributed by atoms with Crippen LogP contribution in [0.4, 0.5) is 17.1 Å². The van der Waals surface area contributed by atoms with E-state index < -0.39 is 0 Å². The van der Waals surface area contributed by atoms with Crippen molar-refractivity contribution in [3.8, 4) is 55.6 Å². The highest BCUT2D eigenvalue weighted by Gasteiger charge is 2.21. The molecule has 0 spiro atoms. The first kappa shape index (κ1) is 33.2. The van der Waals surface area contributed by atoms with Crippen LogP contribution < -0.4 is 4.90 Å². The summed E-state index contributed by atoms with van der Waals surface area (Å²) in [6.07, 6.45) is 0. The van der Waals surface area contributed by atoms with Gasteiger partial charge in [-0.3, -0.25) is 0 Å². The Morgan fingerprint density at radius 3 is 1.43 bits per heavy atom. The van der Waals surface area contributed by atoms with Crippen LogP contribution in [-0.2, 0) is 0 Å². The summed E-state index contributed by atoms with van der Waals surface area (Å²) in [4.78, 5) is 2.39. The third-order valence-electron chi connectivity index (χ3n) is 10.7. The topological polar surface area (TPSA) is 16.4 Å². The number of hydrogen-bond donors (Lipinski definition) is 0. The van der Waals surface area contributed by atoms with Crippen molar-refractivity contribution in [1.82, 2.24) is 0 Å². The smallest absolute Gasteiger partial charge is 0.135 e. The number of fused-ring (bicyclic) bond motifs is 3. The van der Waals surface area contributed by atoms with E-state index in [1.54, 1.807) is 0 Å². The normalized spacial score (nSPS) is 11.2. The molecule has 2 nitrogen and oxygen atoms in total. The lowest BCUT2D eigenvalue weighted by molar-refractivity contribution is 0.669. The van der Waals surface area contributed by atoms with E-state index in [0.29, 0.717) is 0 Å². The summed E-state index contributed by atoms with van der Waals surface area (Å²) in [5, 5.41) is 2.20. The van der Waals surface area contributed by atoms with Gasteiger partial charge in [0.15, 0.2) is 0 Å². The first-order valence-corrected chi connectivity index (χ1v) is 19.1. The minimum absolute atomic E-state index is 0.875. The van der Waals surface area contributed by atoms with Crippen molar-refractivity contribution in [1.29, 1.82) is 0 Å². The summed E-state index contributed by atoms with van der Waals surface area (Å²) in [6, 6.07) is 80.2. The molecule has 0 saturated heterocycles. The molecule has 0 atom stereocenters. The maximum atomic E-state index is 6.29. The second-order valence-corrected chi connectivity index (χ2v) is 14.1. The van der Waals surface area contributed by atoms with Gasteiger partial charge in [0.25, 0.3) is 0 Å². The summed E-state index contributed by atoms with van der Waals surface area (Å²) in [7, 11) is 0. The molecule has 0 bridgehead atoms. The molecule has 0 aliphatic carbocycles. The molecule has 264 valence electrons. The van der Waals surface area contributed by atoms with Crippen molar-refractivity contribution >= 4 is 39.0 Å². The van der Waals surface area contributed by atoms with E-state index in [9.17, 15) is 0 Å². The average Bonchev–Trinajstić information content (AvgIpc) is 3.66. The van der Waals surface area contributed by atoms with Crippen molar-refractivity contribution in [3.63, 3.8) is 0 Å². The molecule has 0 radical (unpaired) electrons. The van der Waals surface area contributed by atoms with Gasteiger partial charge in [0, 0.05) is 27.7 Å². The Morgan fingerprint density at radius 1 is 0.268 bits per heavy atom. The predicted octanol–water partition coefficient (Wildman–Crippen LogP) is 15.4. The third-order valence-corrected chi connectivity index (χ3v) is 10.7. The maximum Gasteiger partial charge on any atom is 0.135 e. The Morgan fingerprint density at radius 2 is 0.750 bits per heavy atom. The van der Waals surface area contributed by atoms with Crippen molar-refractivity contribution in [2.75, 3.05) is 4.90 Å². The molecule has 0 saturated carbocycles. The van der Waals surface area contributed by atoms with Gasteiger partial charge in [0.2, 0.25) is 0 Å². The zero-order chi connectivity index (χ0) is 37.3. The van der Waals surface area contributed by atoms with Gasteiger partial charge in [0.1, 0.15) is 11.2 Å². The number of para-hydroxylation sites is 1. The molecule has 0 N–H and O–H groups in total. The highest BCUT2D eigenvalue weighted by molar-refractivity contribution is 6.07. The van der Waals surface area contributed by atoms with Crippen LogP contribution >= 0.6 is 0 Å². The fourth-order valence-corrected chi connectivity index (χ4v) is 7.92. The Labute approximate surface area is 327 Å². The maximum absolute atomic E-state index is 6.29. The lowest BCUT2D eigenvalue weighted by Gasteiger charge is -2.29. The van der Waals surface area contributed by atoms with E-state index in [-0.39, 0.29) is 0 Å². The van der Waals surface area contributed by atoms with E-state index in [1.165, 1.54) is 38.9 Å². The van der Waals surface area contributed by atoms with E-state index in [1.807, 2.05) is 12.1 Å². The number of nitrogens with zero attached hydrogens (tertiary/aromatic N) is 1. The summed E-state index contributed by atoms with van der Waals surface area (Å²) in [6.45, 7) is 0. The molecule has 9 aromatic carbocycles. The fourth-order valence-electron chi connectivity index (χ4n) is 7.92. The Bertz CT molecular complexity index is 2930. The lowest BCUT2D eigenvalue weighted by atomic mass is 9.89. The largest absolute Gasteiger partial charge is 0.456 e. The van der Waals surface area contributed by atoms with E-state index in [2.05, 4.69) is 217 Å². The van der Waals surface area contributed by atoms with Crippen molar-refractivity contribution in [3.05, 3.63) is 224 Å². The van der Waals surface area contributed by atoms with Gasteiger partial charge in [-0.25, -0.2) is 0 Å². The van der Waals surface area contributed by atoms with Crippen LogP contribution in [0, 0.1) is 0 Å². The Balaban J connectivity index is 1.20. The molecule has 0 unspecified atom stereocenters. The molecule has 1 heterocycles. The summed E-state index contributed by atoms with van der Waals surface area (Å²) < 4.78 is 6.29. The number of furan rings is 1. The number of anilines is 3. The minimum Gasteiger partial charge on any atom is -0.456 e. The first-order chi connectivity index (χ1) is 27.8. The quantitative estimate of drug-likeness (QED) is 0.156. The molecule has 1 aromatic heterocycles. The molecule has 0 aliphatic rings. The predicted molar refractivity (Wildman–Crippen MR) is 236 cm³/mol. The molecule has 0 amide bonds. The van der Waals surface area contributed by atoms with Gasteiger partial charge in [-0.15, -0.1) is 0 Å². The van der Waals surface area contributed by atoms with Crippen molar-refractivity contribution in [2.24, 2.45) is 0 Å². The van der Waals surface area contributed by atoms with Gasteiger partial charge in [0.05, 0.1) is 5.69 Å². The number of benzene rings is 9. The lowest BCUT2D eigenvalue weighted by Crippen LogP contribution is -2.11. The van der Waals surface area contributed by atoms with Gasteiger partial charge in [-0.1, -0.05) is 170 Å². The molecular weight excluding hydrogens is 679 g/mol. The molecule has 56 heavy (non-hydrogen) atoms. The van der Waals surface area contributed by atoms with Crippen LogP contribution in [0.3, 0.4) is 0 Å². The van der Waals surface area contributed by atoms with Crippen LogP contribution in [-0.4, -0.2) is 0 Å². The Kier molecular flexibility index (Phi) is 8.55. The van der Waals surface area contributed by atoms with Crippen LogP contribution in [0.2, 0.25) is 0 Å². The van der Waals surface area contributed by atoms with Gasteiger partial charge in [-0.2, -0.15) is 0 Å². The van der Waals surface area contributed by atoms with E-state index >= 15 is 0 Å². The summed E-state index contributed by atoms with van der Waals surface area (Å²) >= 11 is 0. The average molecular weight is 716 g/mol. The summed E-state index contributed by atoms with van der Waals surface area (Å²) in [5.41, 5.74) is 16.7. The summed E-state index contributed by atoms with van der Waals surface area (Å²) in [5.74, 6) is 0. The molecule has 10 aromatic rings. The number of rotatable bonds is 8. The van der Waals surface area contributed by atoms with Crippen LogP contribution in [0.15, 0.2) is 229 Å². The monoisotopic (exact) mass is 715 g/mol. The van der Waals surface area contributed by atoms with E-state index in [4.69, 9.17) is 4.42 Å². The van der Waals surface area contributed by atoms with Crippen LogP contribution in [0.5, 0.6) is 0 Å². The molecule has 0 aliphatic heterocycles. The van der Waals surface area contributed by atoms with Crippen LogP contribution in [0.1, 0.15) is 0 Å². The standard InChI is InChI=1S/C54H37NO/c1-5-15-38(16-6-1)40-25-29-45(30-26-40)55(46-31-34-54-51(37-46)48-23-13-14-24-53(48)56-54)52-33-28-44(36-50(52)42-21-11-4-12-22-42)49-35-43(39-17-7-2-8-18-39)27-32-47(49)41-19-9-3-10-20-41/h1-37H. The molecular formula is C54H37NO. The highest BCUT2D eigenvalue weighted by atomic mass is 16.3. The molecule has 0 fully saturated rings. The van der Waals surface area contributed by atoms with E-state index in [0.717, 1.165) is 55.7 Å². The van der Waals surface area contributed by atoms with Gasteiger partial charge < -0.3 is 9.32 Å². The highest BCUT2D eigenvalue weighted by Crippen LogP contribution is 2.46. The zero-order valence-corrected chi connectivity index (χ0v) is 30.7. The molecule has 10 rings (SSSR count). The zero-order valence-electron chi connectivity index (χ0n) is 30.7. The minimum atomic E-state index is 0.875. The first-order valence-electron chi connectivity index (χ1n) is 19.1. The Hall–Kier alpha value is -7.42. The SMILES string of the molecule is c1ccc(-c2ccc(N(c3ccc4oc5ccccc5c4c3)c3ccc(-c4cc(-c5ccccc5)ccc4-c4ccccc4)cc3-c3ccccc3)cc2)cc1. The number of hydrogen-bond acceptors (Lipinski definition) is 2. The van der Waals surface area contributed by atoms with Crippen molar-refractivity contribution in [2.45, 2.75) is 0 Å². The second-order valence-electron chi connectivity index (χ2n) is 14.1. The van der Waals surface area contributed by atoms with Crippen LogP contribution in [0.25, 0.3) is 77.6 Å². The van der Waals surface area contributed by atoms with Gasteiger partial charge in [-0.05, 0) is 105 Å². The second kappa shape index (κ2) is 14.4. The van der Waals surface area contributed by atoms with Gasteiger partial charge >= 0.3 is 0 Å². The fraction of sp³-hybridized carbons (Fsp3) is 0.